The lowest BCUT2D eigenvalue weighted by Gasteiger charge is -2.46. The van der Waals surface area contributed by atoms with Crippen LogP contribution in [0.1, 0.15) is 19.8 Å². The second kappa shape index (κ2) is 14.3. The fraction of sp³-hybridized carbons (Fsp3) is 1.00. The predicted molar refractivity (Wildman–Crippen MR) is 120 cm³/mol. The normalized spacial score (nSPS) is 48.2. The van der Waals surface area contributed by atoms with Crippen molar-refractivity contribution in [2.75, 3.05) is 26.4 Å². The minimum absolute atomic E-state index is 0.152. The molecule has 3 rings (SSSR count). The van der Waals surface area contributed by atoms with Gasteiger partial charge in [0.1, 0.15) is 73.2 Å². The van der Waals surface area contributed by atoms with E-state index in [2.05, 4.69) is 0 Å². The van der Waals surface area contributed by atoms with Gasteiger partial charge in [-0.3, -0.25) is 0 Å². The SMILES string of the molecule is CCCCO[C@@H]1O[C@H](CO[C@H]2O[C@H](CO)[C@@H](O)[C@H](O)[C@@H]2O)[C@@H](O)[C@H](O)[C@@H]1O[C@H]1O[C@H](CO)[C@@H](O)[C@H](O)[C@@H]1O. The highest BCUT2D eigenvalue weighted by atomic mass is 16.8. The highest BCUT2D eigenvalue weighted by molar-refractivity contribution is 4.94. The smallest absolute Gasteiger partial charge is 0.187 e. The van der Waals surface area contributed by atoms with Crippen molar-refractivity contribution in [2.24, 2.45) is 0 Å². The van der Waals surface area contributed by atoms with Crippen LogP contribution in [-0.4, -0.2) is 170 Å². The first kappa shape index (κ1) is 31.9. The number of hydrogen-bond donors (Lipinski definition) is 10. The third-order valence-corrected chi connectivity index (χ3v) is 6.84. The van der Waals surface area contributed by atoms with E-state index in [4.69, 9.17) is 28.4 Å². The van der Waals surface area contributed by atoms with Crippen LogP contribution in [0.15, 0.2) is 0 Å². The molecule has 0 unspecified atom stereocenters. The van der Waals surface area contributed by atoms with E-state index in [1.165, 1.54) is 0 Å². The minimum Gasteiger partial charge on any atom is -0.394 e. The van der Waals surface area contributed by atoms with Crippen LogP contribution >= 0.6 is 0 Å². The van der Waals surface area contributed by atoms with E-state index in [0.717, 1.165) is 6.42 Å². The number of unbranched alkanes of at least 4 members (excludes halogenated alkanes) is 1. The van der Waals surface area contributed by atoms with Crippen molar-refractivity contribution in [3.63, 3.8) is 0 Å². The molecule has 10 N–H and O–H groups in total. The van der Waals surface area contributed by atoms with Crippen molar-refractivity contribution in [1.82, 2.24) is 0 Å². The van der Waals surface area contributed by atoms with Gasteiger partial charge >= 0.3 is 0 Å². The van der Waals surface area contributed by atoms with Crippen LogP contribution in [0.3, 0.4) is 0 Å². The van der Waals surface area contributed by atoms with Gasteiger partial charge < -0.3 is 79.5 Å². The molecule has 3 aliphatic heterocycles. The van der Waals surface area contributed by atoms with Crippen molar-refractivity contribution in [3.05, 3.63) is 0 Å². The first-order valence-electron chi connectivity index (χ1n) is 12.6. The summed E-state index contributed by atoms with van der Waals surface area (Å²) in [4.78, 5) is 0. The van der Waals surface area contributed by atoms with Gasteiger partial charge in [0.2, 0.25) is 0 Å². The van der Waals surface area contributed by atoms with Gasteiger partial charge in [0.15, 0.2) is 18.9 Å². The van der Waals surface area contributed by atoms with Crippen LogP contribution in [0.5, 0.6) is 0 Å². The molecule has 0 aromatic rings. The topological polar surface area (TPSA) is 258 Å². The Kier molecular flexibility index (Phi) is 12.0. The average molecular weight is 561 g/mol. The Labute approximate surface area is 218 Å². The summed E-state index contributed by atoms with van der Waals surface area (Å²) >= 11 is 0. The molecular weight excluding hydrogens is 520 g/mol. The highest BCUT2D eigenvalue weighted by Gasteiger charge is 2.51. The van der Waals surface area contributed by atoms with E-state index >= 15 is 0 Å². The Bertz CT molecular complexity index is 696. The van der Waals surface area contributed by atoms with Crippen molar-refractivity contribution in [3.8, 4) is 0 Å². The van der Waals surface area contributed by atoms with Gasteiger partial charge in [-0.2, -0.15) is 0 Å². The average Bonchev–Trinajstić information content (AvgIpc) is 2.91. The van der Waals surface area contributed by atoms with Gasteiger partial charge in [0.05, 0.1) is 19.8 Å². The van der Waals surface area contributed by atoms with E-state index in [-0.39, 0.29) is 6.61 Å². The summed E-state index contributed by atoms with van der Waals surface area (Å²) in [5.41, 5.74) is 0. The Morgan fingerprint density at radius 3 is 1.61 bits per heavy atom. The molecule has 38 heavy (non-hydrogen) atoms. The third kappa shape index (κ3) is 6.98. The molecule has 3 aliphatic rings. The Balaban J connectivity index is 1.69. The lowest BCUT2D eigenvalue weighted by Crippen LogP contribution is -2.65. The van der Waals surface area contributed by atoms with E-state index in [1.54, 1.807) is 0 Å². The Morgan fingerprint density at radius 2 is 1.05 bits per heavy atom. The lowest BCUT2D eigenvalue weighted by atomic mass is 9.97. The summed E-state index contributed by atoms with van der Waals surface area (Å²) < 4.78 is 33.1. The highest BCUT2D eigenvalue weighted by Crippen LogP contribution is 2.31. The van der Waals surface area contributed by atoms with E-state index < -0.39 is 112 Å². The van der Waals surface area contributed by atoms with Gasteiger partial charge in [-0.15, -0.1) is 0 Å². The van der Waals surface area contributed by atoms with Gasteiger partial charge in [-0.1, -0.05) is 13.3 Å². The Morgan fingerprint density at radius 1 is 0.553 bits per heavy atom. The fourth-order valence-electron chi connectivity index (χ4n) is 4.40. The molecule has 3 saturated heterocycles. The summed E-state index contributed by atoms with van der Waals surface area (Å²) in [7, 11) is 0. The fourth-order valence-corrected chi connectivity index (χ4v) is 4.40. The molecule has 0 aromatic heterocycles. The van der Waals surface area contributed by atoms with E-state index in [1.807, 2.05) is 6.92 Å². The molecule has 0 aromatic carbocycles. The summed E-state index contributed by atoms with van der Waals surface area (Å²) in [5.74, 6) is 0. The zero-order chi connectivity index (χ0) is 28.1. The number of aliphatic hydroxyl groups is 10. The summed E-state index contributed by atoms with van der Waals surface area (Å²) in [6.45, 7) is 0.185. The molecule has 16 nitrogen and oxygen atoms in total. The molecule has 224 valence electrons. The van der Waals surface area contributed by atoms with Crippen molar-refractivity contribution in [2.45, 2.75) is 112 Å². The first-order valence-corrected chi connectivity index (χ1v) is 12.6. The van der Waals surface area contributed by atoms with Crippen LogP contribution in [-0.2, 0) is 28.4 Å². The lowest BCUT2D eigenvalue weighted by molar-refractivity contribution is -0.372. The molecule has 0 bridgehead atoms. The maximum atomic E-state index is 10.9. The summed E-state index contributed by atoms with van der Waals surface area (Å²) in [6, 6.07) is 0. The van der Waals surface area contributed by atoms with Crippen LogP contribution in [0.4, 0.5) is 0 Å². The predicted octanol–water partition coefficient (Wildman–Crippen LogP) is -5.75. The molecule has 0 spiro atoms. The molecule has 15 atom stereocenters. The van der Waals surface area contributed by atoms with Crippen LogP contribution in [0.2, 0.25) is 0 Å². The van der Waals surface area contributed by atoms with Crippen molar-refractivity contribution >= 4 is 0 Å². The molecular formula is C22H40O16. The number of ether oxygens (including phenoxy) is 6. The maximum absolute atomic E-state index is 10.9. The second-order valence-corrected chi connectivity index (χ2v) is 9.58. The third-order valence-electron chi connectivity index (χ3n) is 6.84. The standard InChI is InChI=1S/C22H40O16/c1-2-3-4-33-22-19(38-21-18(32)15(29)12(26)9(6-24)36-21)16(30)13(27)10(37-22)7-34-20-17(31)14(28)11(25)8(5-23)35-20/h8-32H,2-7H2,1H3/t8-,9-,10-,11-,12-,13-,14+,15+,16+,17+,18+,19+,20+,21-,22-/m1/s1. The molecule has 3 fully saturated rings. The minimum atomic E-state index is -1.78. The number of rotatable bonds is 11. The van der Waals surface area contributed by atoms with Crippen LogP contribution in [0.25, 0.3) is 0 Å². The number of aliphatic hydroxyl groups excluding tert-OH is 10. The zero-order valence-corrected chi connectivity index (χ0v) is 20.8. The van der Waals surface area contributed by atoms with Crippen LogP contribution in [0, 0.1) is 0 Å². The summed E-state index contributed by atoms with van der Waals surface area (Å²) in [6.07, 6.45) is -21.9. The largest absolute Gasteiger partial charge is 0.394 e. The van der Waals surface area contributed by atoms with Crippen LogP contribution < -0.4 is 0 Å². The van der Waals surface area contributed by atoms with Gasteiger partial charge in [-0.05, 0) is 6.42 Å². The van der Waals surface area contributed by atoms with Crippen molar-refractivity contribution < 1.29 is 79.5 Å². The molecule has 0 saturated carbocycles. The van der Waals surface area contributed by atoms with E-state index in [9.17, 15) is 51.1 Å². The first-order chi connectivity index (χ1) is 18.0. The monoisotopic (exact) mass is 560 g/mol. The second-order valence-electron chi connectivity index (χ2n) is 9.58. The van der Waals surface area contributed by atoms with Gasteiger partial charge in [0, 0.05) is 6.61 Å². The molecule has 3 heterocycles. The molecule has 0 amide bonds. The summed E-state index contributed by atoms with van der Waals surface area (Å²) in [5, 5.41) is 101. The molecule has 0 aliphatic carbocycles. The van der Waals surface area contributed by atoms with Gasteiger partial charge in [0.25, 0.3) is 0 Å². The maximum Gasteiger partial charge on any atom is 0.187 e. The Hall–Kier alpha value is -0.640. The zero-order valence-electron chi connectivity index (χ0n) is 20.8. The molecule has 0 radical (unpaired) electrons. The van der Waals surface area contributed by atoms with E-state index in [0.29, 0.717) is 6.42 Å². The van der Waals surface area contributed by atoms with Crippen molar-refractivity contribution in [1.29, 1.82) is 0 Å². The number of hydrogen-bond acceptors (Lipinski definition) is 16. The van der Waals surface area contributed by atoms with Gasteiger partial charge in [-0.25, -0.2) is 0 Å². The quantitative estimate of drug-likeness (QED) is 0.106. The molecule has 16 heteroatoms.